The van der Waals surface area contributed by atoms with E-state index in [1.165, 1.54) is 11.8 Å². The summed E-state index contributed by atoms with van der Waals surface area (Å²) in [4.78, 5) is 12.9. The second-order valence-corrected chi connectivity index (χ2v) is 5.00. The van der Waals surface area contributed by atoms with Gasteiger partial charge in [-0.2, -0.15) is 0 Å². The number of hydrogen-bond acceptors (Lipinski definition) is 4. The molecule has 0 aliphatic carbocycles. The second-order valence-electron chi connectivity index (χ2n) is 3.96. The third-order valence-corrected chi connectivity index (χ3v) is 3.46. The Hall–Kier alpha value is -1.94. The molecular formula is C16H16O3S. The van der Waals surface area contributed by atoms with Crippen LogP contribution in [0.4, 0.5) is 0 Å². The molecule has 2 rings (SSSR count). The molecule has 0 aromatic heterocycles. The number of esters is 1. The van der Waals surface area contributed by atoms with Crippen LogP contribution in [0.2, 0.25) is 0 Å². The van der Waals surface area contributed by atoms with Crippen LogP contribution in [0.25, 0.3) is 0 Å². The Kier molecular flexibility index (Phi) is 5.50. The molecule has 0 unspecified atom stereocenters. The van der Waals surface area contributed by atoms with Crippen LogP contribution < -0.4 is 9.47 Å². The lowest BCUT2D eigenvalue weighted by Gasteiger charge is -2.09. The molecule has 20 heavy (non-hydrogen) atoms. The highest BCUT2D eigenvalue weighted by atomic mass is 32.2. The fourth-order valence-electron chi connectivity index (χ4n) is 1.62. The fourth-order valence-corrected chi connectivity index (χ4v) is 2.31. The lowest BCUT2D eigenvalue weighted by molar-refractivity contribution is -0.131. The predicted molar refractivity (Wildman–Crippen MR) is 80.4 cm³/mol. The van der Waals surface area contributed by atoms with Crippen LogP contribution >= 0.6 is 11.8 Å². The Balaban J connectivity index is 1.91. The van der Waals surface area contributed by atoms with Crippen molar-refractivity contribution in [1.82, 2.24) is 0 Å². The van der Waals surface area contributed by atoms with Crippen molar-refractivity contribution in [3.63, 3.8) is 0 Å². The lowest BCUT2D eigenvalue weighted by atomic mass is 10.3. The Morgan fingerprint density at radius 2 is 1.65 bits per heavy atom. The molecule has 0 aliphatic heterocycles. The van der Waals surface area contributed by atoms with Gasteiger partial charge in [0.1, 0.15) is 0 Å². The van der Waals surface area contributed by atoms with Crippen LogP contribution in [0.3, 0.4) is 0 Å². The number of para-hydroxylation sites is 2. The average Bonchev–Trinajstić information content (AvgIpc) is 2.49. The van der Waals surface area contributed by atoms with E-state index in [1.807, 2.05) is 49.4 Å². The molecule has 0 aliphatic rings. The van der Waals surface area contributed by atoms with Crippen LogP contribution in [-0.4, -0.2) is 18.3 Å². The van der Waals surface area contributed by atoms with E-state index in [-0.39, 0.29) is 11.7 Å². The van der Waals surface area contributed by atoms with Gasteiger partial charge in [0.25, 0.3) is 0 Å². The van der Waals surface area contributed by atoms with Gasteiger partial charge in [-0.3, -0.25) is 4.79 Å². The van der Waals surface area contributed by atoms with Crippen LogP contribution in [0.1, 0.15) is 6.92 Å². The summed E-state index contributed by atoms with van der Waals surface area (Å²) >= 11 is 1.45. The normalized spacial score (nSPS) is 10.1. The number of benzene rings is 2. The first-order valence-corrected chi connectivity index (χ1v) is 7.38. The Morgan fingerprint density at radius 1 is 1.00 bits per heavy atom. The van der Waals surface area contributed by atoms with Gasteiger partial charge < -0.3 is 9.47 Å². The van der Waals surface area contributed by atoms with Gasteiger partial charge in [-0.25, -0.2) is 0 Å². The summed E-state index contributed by atoms with van der Waals surface area (Å²) in [5.41, 5.74) is 0. The molecule has 0 heterocycles. The van der Waals surface area contributed by atoms with Crippen LogP contribution in [-0.2, 0) is 4.79 Å². The summed E-state index contributed by atoms with van der Waals surface area (Å²) in [5, 5.41) is 0. The molecule has 2 aromatic rings. The number of thioether (sulfide) groups is 1. The minimum absolute atomic E-state index is 0.268. The third-order valence-electron chi connectivity index (χ3n) is 2.47. The molecule has 0 saturated carbocycles. The summed E-state index contributed by atoms with van der Waals surface area (Å²) in [6, 6.07) is 16.9. The maximum absolute atomic E-state index is 11.8. The van der Waals surface area contributed by atoms with E-state index >= 15 is 0 Å². The van der Waals surface area contributed by atoms with Crippen LogP contribution in [0, 0.1) is 0 Å². The van der Waals surface area contributed by atoms with Crippen molar-refractivity contribution in [3.8, 4) is 11.5 Å². The summed E-state index contributed by atoms with van der Waals surface area (Å²) in [7, 11) is 0. The van der Waals surface area contributed by atoms with Crippen molar-refractivity contribution in [2.24, 2.45) is 0 Å². The Labute approximate surface area is 122 Å². The minimum Gasteiger partial charge on any atom is -0.490 e. The molecule has 3 nitrogen and oxygen atoms in total. The van der Waals surface area contributed by atoms with Gasteiger partial charge in [0, 0.05) is 4.90 Å². The van der Waals surface area contributed by atoms with E-state index in [2.05, 4.69) is 0 Å². The standard InChI is InChI=1S/C16H16O3S/c1-2-18-14-10-6-7-11-15(14)19-16(17)12-20-13-8-4-3-5-9-13/h3-11H,2,12H2,1H3. The average molecular weight is 288 g/mol. The van der Waals surface area contributed by atoms with Gasteiger partial charge in [-0.15, -0.1) is 11.8 Å². The quantitative estimate of drug-likeness (QED) is 0.460. The number of ether oxygens (including phenoxy) is 2. The highest BCUT2D eigenvalue weighted by Gasteiger charge is 2.10. The molecule has 0 N–H and O–H groups in total. The molecule has 104 valence electrons. The van der Waals surface area contributed by atoms with E-state index in [0.29, 0.717) is 18.1 Å². The van der Waals surface area contributed by atoms with Crippen molar-refractivity contribution in [2.75, 3.05) is 12.4 Å². The first kappa shape index (κ1) is 14.5. The molecule has 0 saturated heterocycles. The van der Waals surface area contributed by atoms with E-state index in [1.54, 1.807) is 12.1 Å². The van der Waals surface area contributed by atoms with Gasteiger partial charge in [-0.05, 0) is 31.2 Å². The molecule has 4 heteroatoms. The first-order valence-electron chi connectivity index (χ1n) is 6.40. The molecule has 0 radical (unpaired) electrons. The molecule has 0 fully saturated rings. The van der Waals surface area contributed by atoms with Gasteiger partial charge in [0.15, 0.2) is 11.5 Å². The van der Waals surface area contributed by atoms with Gasteiger partial charge >= 0.3 is 5.97 Å². The minimum atomic E-state index is -0.286. The van der Waals surface area contributed by atoms with E-state index in [4.69, 9.17) is 9.47 Å². The van der Waals surface area contributed by atoms with Crippen LogP contribution in [0.5, 0.6) is 11.5 Å². The molecule has 0 atom stereocenters. The molecule has 0 amide bonds. The summed E-state index contributed by atoms with van der Waals surface area (Å²) in [6.07, 6.45) is 0. The SMILES string of the molecule is CCOc1ccccc1OC(=O)CSc1ccccc1. The predicted octanol–water partition coefficient (Wildman–Crippen LogP) is 3.78. The lowest BCUT2D eigenvalue weighted by Crippen LogP contribution is -2.11. The van der Waals surface area contributed by atoms with Crippen molar-refractivity contribution in [1.29, 1.82) is 0 Å². The molecule has 0 bridgehead atoms. The Bertz CT molecular complexity index is 555. The largest absolute Gasteiger partial charge is 0.490 e. The van der Waals surface area contributed by atoms with Gasteiger partial charge in [-0.1, -0.05) is 30.3 Å². The Morgan fingerprint density at radius 3 is 2.35 bits per heavy atom. The number of carbonyl (C=O) groups is 1. The zero-order valence-corrected chi connectivity index (χ0v) is 12.1. The van der Waals surface area contributed by atoms with E-state index in [9.17, 15) is 4.79 Å². The third kappa shape index (κ3) is 4.31. The second kappa shape index (κ2) is 7.60. The molecule has 0 spiro atoms. The molecular weight excluding hydrogens is 272 g/mol. The van der Waals surface area contributed by atoms with Crippen molar-refractivity contribution in [3.05, 3.63) is 54.6 Å². The van der Waals surface area contributed by atoms with Crippen molar-refractivity contribution >= 4 is 17.7 Å². The first-order chi connectivity index (χ1) is 9.79. The zero-order chi connectivity index (χ0) is 14.2. The smallest absolute Gasteiger partial charge is 0.321 e. The summed E-state index contributed by atoms with van der Waals surface area (Å²) < 4.78 is 10.8. The van der Waals surface area contributed by atoms with Gasteiger partial charge in [0.05, 0.1) is 12.4 Å². The van der Waals surface area contributed by atoms with Gasteiger partial charge in [0.2, 0.25) is 0 Å². The topological polar surface area (TPSA) is 35.5 Å². The highest BCUT2D eigenvalue weighted by molar-refractivity contribution is 8.00. The molecule has 2 aromatic carbocycles. The van der Waals surface area contributed by atoms with E-state index < -0.39 is 0 Å². The highest BCUT2D eigenvalue weighted by Crippen LogP contribution is 2.27. The summed E-state index contributed by atoms with van der Waals surface area (Å²) in [5.74, 6) is 1.04. The van der Waals surface area contributed by atoms with Crippen molar-refractivity contribution < 1.29 is 14.3 Å². The maximum Gasteiger partial charge on any atom is 0.321 e. The van der Waals surface area contributed by atoms with Crippen LogP contribution in [0.15, 0.2) is 59.5 Å². The van der Waals surface area contributed by atoms with Crippen molar-refractivity contribution in [2.45, 2.75) is 11.8 Å². The fraction of sp³-hybridized carbons (Fsp3) is 0.188. The summed E-state index contributed by atoms with van der Waals surface area (Å²) in [6.45, 7) is 2.43. The number of rotatable bonds is 6. The maximum atomic E-state index is 11.8. The van der Waals surface area contributed by atoms with E-state index in [0.717, 1.165) is 4.90 Å². The number of carbonyl (C=O) groups excluding carboxylic acids is 1. The monoisotopic (exact) mass is 288 g/mol. The number of hydrogen-bond donors (Lipinski definition) is 0. The zero-order valence-electron chi connectivity index (χ0n) is 11.2.